The number of primary amides is 1. The standard InChI is InChI=1S/C34H35N3O8/c1-14-12-17(13-19(14)16-8-6-5-7-9-16)36-20-11-10-18-15(2)21-23(28(39)22(18)27(20)38)31(42)34(45)25(29(21)40)26(37(3)4)30(41)24(32(34)43)33(35)44/h5-15,21,23-26,29,36,38,40,45H,1-4H3,(H2,35,44)/t14?,15-,21+,23?,24?,25+,26-,29-,34-/m0/s1. The number of likely N-dealkylation sites (N-methyl/N-ethyl adjacent to an activating group) is 1. The zero-order chi connectivity index (χ0) is 32.7. The van der Waals surface area contributed by atoms with Crippen molar-refractivity contribution in [3.63, 3.8) is 0 Å². The minimum Gasteiger partial charge on any atom is -0.505 e. The van der Waals surface area contributed by atoms with E-state index in [2.05, 4.69) is 5.32 Å². The number of anilines is 1. The Morgan fingerprint density at radius 3 is 2.29 bits per heavy atom. The summed E-state index contributed by atoms with van der Waals surface area (Å²) in [6.07, 6.45) is 2.25. The van der Waals surface area contributed by atoms with E-state index in [0.717, 1.165) is 11.1 Å². The Morgan fingerprint density at radius 1 is 1.00 bits per heavy atom. The lowest BCUT2D eigenvalue weighted by atomic mass is 9.49. The number of nitrogens with zero attached hydrogens (tertiary/aromatic N) is 1. The number of ketones is 4. The average molecular weight is 614 g/mol. The van der Waals surface area contributed by atoms with Gasteiger partial charge in [-0.15, -0.1) is 0 Å². The summed E-state index contributed by atoms with van der Waals surface area (Å²) in [7, 11) is 2.91. The largest absolute Gasteiger partial charge is 0.505 e. The first-order valence-electron chi connectivity index (χ1n) is 14.9. The first-order valence-corrected chi connectivity index (χ1v) is 14.9. The molecule has 0 radical (unpaired) electrons. The van der Waals surface area contributed by atoms with E-state index in [1.807, 2.05) is 49.4 Å². The molecule has 0 heterocycles. The molecule has 45 heavy (non-hydrogen) atoms. The third kappa shape index (κ3) is 4.25. The second-order valence-electron chi connectivity index (χ2n) is 12.8. The Labute approximate surface area is 259 Å². The number of allylic oxidation sites excluding steroid dienone is 3. The topological polar surface area (TPSA) is 187 Å². The van der Waals surface area contributed by atoms with Crippen LogP contribution in [0.25, 0.3) is 5.57 Å². The number of rotatable bonds is 5. The number of nitrogens with two attached hydrogens (primary N) is 1. The lowest BCUT2D eigenvalue weighted by Crippen LogP contribution is -2.77. The van der Waals surface area contributed by atoms with Crippen LogP contribution in [0.4, 0.5) is 5.69 Å². The van der Waals surface area contributed by atoms with Crippen molar-refractivity contribution in [1.29, 1.82) is 0 Å². The van der Waals surface area contributed by atoms with Gasteiger partial charge in [-0.2, -0.15) is 0 Å². The number of phenols is 1. The van der Waals surface area contributed by atoms with Crippen LogP contribution in [0.5, 0.6) is 5.75 Å². The summed E-state index contributed by atoms with van der Waals surface area (Å²) in [5, 5.41) is 38.2. The monoisotopic (exact) mass is 613 g/mol. The third-order valence-electron chi connectivity index (χ3n) is 10.1. The van der Waals surface area contributed by atoms with Gasteiger partial charge >= 0.3 is 0 Å². The highest BCUT2D eigenvalue weighted by atomic mass is 16.3. The normalized spacial score (nSPS) is 34.1. The molecule has 0 aromatic heterocycles. The van der Waals surface area contributed by atoms with Gasteiger partial charge in [0.15, 0.2) is 34.7 Å². The van der Waals surface area contributed by atoms with Crippen LogP contribution in [-0.4, -0.2) is 81.1 Å². The average Bonchev–Trinajstić information content (AvgIpc) is 3.35. The number of hydrogen-bond donors (Lipinski definition) is 5. The highest BCUT2D eigenvalue weighted by Gasteiger charge is 2.72. The molecule has 234 valence electrons. The van der Waals surface area contributed by atoms with Crippen LogP contribution in [0.3, 0.4) is 0 Å². The summed E-state index contributed by atoms with van der Waals surface area (Å²) >= 11 is 0. The van der Waals surface area contributed by atoms with Crippen molar-refractivity contribution in [1.82, 2.24) is 4.90 Å². The number of fused-ring (bicyclic) bond motifs is 3. The van der Waals surface area contributed by atoms with Crippen molar-refractivity contribution < 1.29 is 39.3 Å². The molecule has 0 bridgehead atoms. The number of aliphatic hydroxyl groups excluding tert-OH is 1. The van der Waals surface area contributed by atoms with Gasteiger partial charge in [-0.1, -0.05) is 56.3 Å². The van der Waals surface area contributed by atoms with Crippen molar-refractivity contribution >= 4 is 40.3 Å². The zero-order valence-corrected chi connectivity index (χ0v) is 25.2. The van der Waals surface area contributed by atoms with E-state index in [-0.39, 0.29) is 17.2 Å². The van der Waals surface area contributed by atoms with Gasteiger partial charge in [-0.3, -0.25) is 28.9 Å². The third-order valence-corrected chi connectivity index (χ3v) is 10.1. The Morgan fingerprint density at radius 2 is 1.67 bits per heavy atom. The van der Waals surface area contributed by atoms with Crippen molar-refractivity contribution in [2.75, 3.05) is 19.4 Å². The van der Waals surface area contributed by atoms with Crippen LogP contribution in [0.2, 0.25) is 0 Å². The number of benzene rings is 2. The van der Waals surface area contributed by atoms with E-state index in [9.17, 15) is 39.3 Å². The quantitative estimate of drug-likeness (QED) is 0.244. The fourth-order valence-corrected chi connectivity index (χ4v) is 8.01. The maximum Gasteiger partial charge on any atom is 0.235 e. The molecule has 6 rings (SSSR count). The van der Waals surface area contributed by atoms with E-state index >= 15 is 0 Å². The van der Waals surface area contributed by atoms with Gasteiger partial charge in [0.2, 0.25) is 5.91 Å². The first kappa shape index (κ1) is 30.6. The maximum atomic E-state index is 14.2. The number of aliphatic hydroxyl groups is 2. The molecule has 6 N–H and O–H groups in total. The van der Waals surface area contributed by atoms with Gasteiger partial charge in [-0.05, 0) is 48.9 Å². The predicted molar refractivity (Wildman–Crippen MR) is 163 cm³/mol. The van der Waals surface area contributed by atoms with Crippen molar-refractivity contribution in [2.24, 2.45) is 35.3 Å². The van der Waals surface area contributed by atoms with Crippen LogP contribution in [0, 0.1) is 29.6 Å². The van der Waals surface area contributed by atoms with Crippen molar-refractivity contribution in [3.8, 4) is 5.75 Å². The molecule has 2 aromatic carbocycles. The molecule has 11 nitrogen and oxygen atoms in total. The van der Waals surface area contributed by atoms with E-state index in [1.54, 1.807) is 19.1 Å². The van der Waals surface area contributed by atoms with Crippen LogP contribution in [0.15, 0.2) is 60.3 Å². The van der Waals surface area contributed by atoms with Crippen LogP contribution < -0.4 is 11.1 Å². The Bertz CT molecular complexity index is 1730. The maximum absolute atomic E-state index is 14.2. The van der Waals surface area contributed by atoms with Crippen LogP contribution in [-0.2, 0) is 19.2 Å². The molecule has 0 saturated heterocycles. The number of hydrogen-bond acceptors (Lipinski definition) is 10. The summed E-state index contributed by atoms with van der Waals surface area (Å²) in [4.78, 5) is 68.7. The second kappa shape index (κ2) is 10.6. The van der Waals surface area contributed by atoms with Gasteiger partial charge < -0.3 is 26.4 Å². The smallest absolute Gasteiger partial charge is 0.235 e. The Kier molecular flexibility index (Phi) is 7.18. The lowest BCUT2D eigenvalue weighted by Gasteiger charge is -2.56. The van der Waals surface area contributed by atoms with Crippen LogP contribution >= 0.6 is 0 Å². The van der Waals surface area contributed by atoms with Crippen molar-refractivity contribution in [2.45, 2.75) is 37.5 Å². The fraction of sp³-hybridized carbons (Fsp3) is 0.382. The summed E-state index contributed by atoms with van der Waals surface area (Å²) < 4.78 is 0. The highest BCUT2D eigenvalue weighted by Crippen LogP contribution is 2.55. The van der Waals surface area contributed by atoms with E-state index in [4.69, 9.17) is 5.73 Å². The number of carbonyl (C=O) groups excluding carboxylic acids is 5. The number of phenolic OH excluding ortho intramolecular Hbond substituents is 1. The summed E-state index contributed by atoms with van der Waals surface area (Å²) in [5.74, 6) is -13.5. The van der Waals surface area contributed by atoms with Gasteiger partial charge in [0.05, 0.1) is 35.2 Å². The first-order chi connectivity index (χ1) is 21.2. The van der Waals surface area contributed by atoms with E-state index < -0.39 is 82.1 Å². The number of aromatic hydroxyl groups is 1. The zero-order valence-electron chi connectivity index (χ0n) is 25.2. The van der Waals surface area contributed by atoms with Crippen molar-refractivity contribution in [3.05, 3.63) is 77.0 Å². The van der Waals surface area contributed by atoms with Gasteiger partial charge in [0.1, 0.15) is 5.75 Å². The van der Waals surface area contributed by atoms with E-state index in [1.165, 1.54) is 19.0 Å². The van der Waals surface area contributed by atoms with Gasteiger partial charge in [0, 0.05) is 17.5 Å². The fourth-order valence-electron chi connectivity index (χ4n) is 8.01. The minimum atomic E-state index is -3.04. The van der Waals surface area contributed by atoms with Gasteiger partial charge in [0.25, 0.3) is 0 Å². The second-order valence-corrected chi connectivity index (χ2v) is 12.8. The summed E-state index contributed by atoms with van der Waals surface area (Å²) in [6, 6.07) is 11.7. The molecular formula is C34H35N3O8. The molecule has 1 amide bonds. The predicted octanol–water partition coefficient (Wildman–Crippen LogP) is 1.43. The molecule has 3 unspecified atom stereocenters. The number of nitrogens with one attached hydrogen (secondary N) is 1. The lowest BCUT2D eigenvalue weighted by molar-refractivity contribution is -0.196. The molecule has 9 atom stereocenters. The highest BCUT2D eigenvalue weighted by molar-refractivity contribution is 6.32. The molecule has 0 aliphatic heterocycles. The molecule has 4 aliphatic rings. The van der Waals surface area contributed by atoms with Gasteiger partial charge in [-0.25, -0.2) is 0 Å². The minimum absolute atomic E-state index is 0.0715. The molecule has 4 aliphatic carbocycles. The Hall–Kier alpha value is -4.45. The molecule has 11 heteroatoms. The summed E-state index contributed by atoms with van der Waals surface area (Å²) in [6.45, 7) is 3.71. The van der Waals surface area contributed by atoms with E-state index in [0.29, 0.717) is 11.3 Å². The molecule has 0 spiro atoms. The number of carbonyl (C=O) groups is 5. The molecule has 2 aromatic rings. The molecule has 2 fully saturated rings. The Balaban J connectivity index is 1.41. The SMILES string of the molecule is CC1C=C(Nc2ccc3c(c2O)C(=O)C2C(=O)[C@]4(O)C(=O)C(C(N)=O)C(=O)[C@@H](N(C)C)[C@@H]4[C@@H](O)[C@@H]2[C@H]3C)C=C1c1ccccc1. The molecular weight excluding hydrogens is 578 g/mol. The summed E-state index contributed by atoms with van der Waals surface area (Å²) in [5.41, 5.74) is 5.55. The van der Waals surface area contributed by atoms with Crippen LogP contribution in [0.1, 0.15) is 41.3 Å². The number of Topliss-reactive ketones (excluding diaryl/α,β-unsaturated/α-hetero) is 4. The molecule has 2 saturated carbocycles. The number of amides is 1.